The van der Waals surface area contributed by atoms with Crippen LogP contribution in [0.4, 0.5) is 0 Å². The third kappa shape index (κ3) is 5.34. The molecule has 0 saturated carbocycles. The van der Waals surface area contributed by atoms with Crippen LogP contribution in [0.5, 0.6) is 0 Å². The first-order valence-electron chi connectivity index (χ1n) is 10.8. The first-order valence-corrected chi connectivity index (χ1v) is 10.8. The highest BCUT2D eigenvalue weighted by Crippen LogP contribution is 2.35. The highest BCUT2D eigenvalue weighted by molar-refractivity contribution is 5.85. The standard InChI is InChI=1S/C28H27N3O.ClH/c1-20(2)24-11-7-8-12-25(24)26-15-22(13-14-23(26)16-29)28(27-17-30-19-31(27)3)32-18-21-9-5-4-6-10-21;/h4-15,17,19-20,28H,18H2,1-3H3;1H. The van der Waals surface area contributed by atoms with E-state index in [1.54, 1.807) is 6.33 Å². The van der Waals surface area contributed by atoms with Crippen molar-refractivity contribution in [1.82, 2.24) is 9.55 Å². The van der Waals surface area contributed by atoms with E-state index >= 15 is 0 Å². The second-order valence-corrected chi connectivity index (χ2v) is 8.26. The van der Waals surface area contributed by atoms with Gasteiger partial charge in [-0.2, -0.15) is 5.26 Å². The van der Waals surface area contributed by atoms with Crippen LogP contribution in [0.1, 0.15) is 53.8 Å². The van der Waals surface area contributed by atoms with Crippen LogP contribution in [0.2, 0.25) is 0 Å². The molecule has 5 heteroatoms. The van der Waals surface area contributed by atoms with Gasteiger partial charge in [-0.3, -0.25) is 0 Å². The molecule has 4 nitrogen and oxygen atoms in total. The van der Waals surface area contributed by atoms with Crippen molar-refractivity contribution in [2.75, 3.05) is 0 Å². The van der Waals surface area contributed by atoms with Crippen LogP contribution in [0.15, 0.2) is 85.3 Å². The number of hydrogen-bond donors (Lipinski definition) is 0. The maximum Gasteiger partial charge on any atom is 0.124 e. The largest absolute Gasteiger partial charge is 0.363 e. The van der Waals surface area contributed by atoms with Crippen LogP contribution in [-0.4, -0.2) is 9.55 Å². The van der Waals surface area contributed by atoms with Crippen LogP contribution < -0.4 is 0 Å². The molecule has 0 spiro atoms. The Labute approximate surface area is 201 Å². The average molecular weight is 458 g/mol. The van der Waals surface area contributed by atoms with Gasteiger partial charge >= 0.3 is 0 Å². The van der Waals surface area contributed by atoms with Gasteiger partial charge in [-0.05, 0) is 40.3 Å². The van der Waals surface area contributed by atoms with E-state index in [1.165, 1.54) is 5.56 Å². The third-order valence-electron chi connectivity index (χ3n) is 5.72. The molecule has 0 saturated heterocycles. The minimum absolute atomic E-state index is 0. The van der Waals surface area contributed by atoms with E-state index < -0.39 is 0 Å². The minimum Gasteiger partial charge on any atom is -0.363 e. The Morgan fingerprint density at radius 1 is 0.970 bits per heavy atom. The lowest BCUT2D eigenvalue weighted by atomic mass is 9.88. The zero-order valence-electron chi connectivity index (χ0n) is 19.1. The summed E-state index contributed by atoms with van der Waals surface area (Å²) in [6, 6.07) is 26.8. The first kappa shape index (κ1) is 24.3. The molecule has 0 fully saturated rings. The Morgan fingerprint density at radius 3 is 2.36 bits per heavy atom. The van der Waals surface area contributed by atoms with Crippen molar-refractivity contribution in [1.29, 1.82) is 5.26 Å². The predicted octanol–water partition coefficient (Wildman–Crippen LogP) is 6.81. The van der Waals surface area contributed by atoms with Crippen LogP contribution >= 0.6 is 12.4 Å². The van der Waals surface area contributed by atoms with Gasteiger partial charge in [-0.1, -0.05) is 74.5 Å². The molecule has 0 bridgehead atoms. The number of aromatic nitrogens is 2. The highest BCUT2D eigenvalue weighted by atomic mass is 35.5. The van der Waals surface area contributed by atoms with Gasteiger partial charge in [0.2, 0.25) is 0 Å². The van der Waals surface area contributed by atoms with Crippen molar-refractivity contribution in [3.63, 3.8) is 0 Å². The lowest BCUT2D eigenvalue weighted by molar-refractivity contribution is 0.0622. The number of rotatable bonds is 7. The number of halogens is 1. The van der Waals surface area contributed by atoms with Crippen molar-refractivity contribution in [2.24, 2.45) is 7.05 Å². The number of ether oxygens (including phenoxy) is 1. The van der Waals surface area contributed by atoms with Crippen molar-refractivity contribution >= 4 is 12.4 Å². The highest BCUT2D eigenvalue weighted by Gasteiger charge is 2.21. The van der Waals surface area contributed by atoms with Crippen molar-refractivity contribution < 1.29 is 4.74 Å². The average Bonchev–Trinajstić information content (AvgIpc) is 3.25. The van der Waals surface area contributed by atoms with E-state index in [1.807, 2.05) is 54.2 Å². The summed E-state index contributed by atoms with van der Waals surface area (Å²) in [5.74, 6) is 0.351. The SMILES string of the molecule is CC(C)c1ccccc1-c1cc(C(OCc2ccccc2)c2cncn2C)ccc1C#N.Cl. The zero-order chi connectivity index (χ0) is 22.5. The smallest absolute Gasteiger partial charge is 0.124 e. The molecule has 0 aliphatic heterocycles. The summed E-state index contributed by atoms with van der Waals surface area (Å²) in [5.41, 5.74) is 6.99. The molecule has 0 aliphatic carbocycles. The molecule has 1 unspecified atom stereocenters. The van der Waals surface area contributed by atoms with E-state index in [2.05, 4.69) is 61.3 Å². The van der Waals surface area contributed by atoms with E-state index in [9.17, 15) is 5.26 Å². The number of hydrogen-bond acceptors (Lipinski definition) is 3. The number of aryl methyl sites for hydroxylation is 1. The summed E-state index contributed by atoms with van der Waals surface area (Å²) in [7, 11) is 1.97. The second kappa shape index (κ2) is 11.0. The Bertz CT molecular complexity index is 1240. The maximum atomic E-state index is 9.82. The predicted molar refractivity (Wildman–Crippen MR) is 134 cm³/mol. The Morgan fingerprint density at radius 2 is 1.70 bits per heavy atom. The van der Waals surface area contributed by atoms with Crippen LogP contribution in [-0.2, 0) is 18.4 Å². The molecule has 4 rings (SSSR count). The molecular weight excluding hydrogens is 430 g/mol. The molecule has 4 aromatic rings. The number of benzene rings is 3. The van der Waals surface area contributed by atoms with E-state index in [0.29, 0.717) is 18.1 Å². The first-order chi connectivity index (χ1) is 15.6. The molecule has 0 radical (unpaired) electrons. The number of nitriles is 1. The molecule has 1 aromatic heterocycles. The Hall–Kier alpha value is -3.39. The summed E-state index contributed by atoms with van der Waals surface area (Å²) < 4.78 is 8.42. The molecule has 33 heavy (non-hydrogen) atoms. The molecule has 1 heterocycles. The van der Waals surface area contributed by atoms with Gasteiger partial charge in [-0.15, -0.1) is 12.4 Å². The molecule has 1 atom stereocenters. The summed E-state index contributed by atoms with van der Waals surface area (Å²) in [6.45, 7) is 4.83. The van der Waals surface area contributed by atoms with Crippen molar-refractivity contribution in [3.05, 3.63) is 113 Å². The van der Waals surface area contributed by atoms with Gasteiger partial charge in [0.05, 0.1) is 36.5 Å². The fourth-order valence-corrected chi connectivity index (χ4v) is 4.02. The molecule has 168 valence electrons. The van der Waals surface area contributed by atoms with Crippen LogP contribution in [0, 0.1) is 11.3 Å². The van der Waals surface area contributed by atoms with Gasteiger partial charge in [0.15, 0.2) is 0 Å². The van der Waals surface area contributed by atoms with Gasteiger partial charge in [-0.25, -0.2) is 4.98 Å². The fraction of sp³-hybridized carbons (Fsp3) is 0.214. The van der Waals surface area contributed by atoms with Gasteiger partial charge < -0.3 is 9.30 Å². The monoisotopic (exact) mass is 457 g/mol. The molecule has 0 aliphatic rings. The lowest BCUT2D eigenvalue weighted by Gasteiger charge is -2.21. The molecule has 3 aromatic carbocycles. The molecule has 0 amide bonds. The topological polar surface area (TPSA) is 50.8 Å². The zero-order valence-corrected chi connectivity index (χ0v) is 19.9. The Balaban J connectivity index is 0.00000306. The normalized spacial score (nSPS) is 11.6. The number of imidazole rings is 1. The molecule has 0 N–H and O–H groups in total. The summed E-state index contributed by atoms with van der Waals surface area (Å²) in [5, 5.41) is 9.82. The summed E-state index contributed by atoms with van der Waals surface area (Å²) >= 11 is 0. The van der Waals surface area contributed by atoms with Gasteiger partial charge in [0, 0.05) is 12.6 Å². The van der Waals surface area contributed by atoms with Crippen LogP contribution in [0.3, 0.4) is 0 Å². The van der Waals surface area contributed by atoms with Crippen molar-refractivity contribution in [3.8, 4) is 17.2 Å². The maximum absolute atomic E-state index is 9.82. The summed E-state index contributed by atoms with van der Waals surface area (Å²) in [4.78, 5) is 4.31. The number of nitrogens with zero attached hydrogens (tertiary/aromatic N) is 3. The van der Waals surface area contributed by atoms with E-state index in [4.69, 9.17) is 4.74 Å². The van der Waals surface area contributed by atoms with E-state index in [-0.39, 0.29) is 18.5 Å². The van der Waals surface area contributed by atoms with Crippen LogP contribution in [0.25, 0.3) is 11.1 Å². The third-order valence-corrected chi connectivity index (χ3v) is 5.72. The quantitative estimate of drug-likeness (QED) is 0.306. The van der Waals surface area contributed by atoms with E-state index in [0.717, 1.165) is 27.9 Å². The lowest BCUT2D eigenvalue weighted by Crippen LogP contribution is -2.11. The summed E-state index contributed by atoms with van der Waals surface area (Å²) in [6.07, 6.45) is 3.32. The fourth-order valence-electron chi connectivity index (χ4n) is 4.02. The van der Waals surface area contributed by atoms with Gasteiger partial charge in [0.1, 0.15) is 6.10 Å². The second-order valence-electron chi connectivity index (χ2n) is 8.26. The molecular formula is C28H28ClN3O. The van der Waals surface area contributed by atoms with Gasteiger partial charge in [0.25, 0.3) is 0 Å². The van der Waals surface area contributed by atoms with Crippen molar-refractivity contribution in [2.45, 2.75) is 32.5 Å². The minimum atomic E-state index is -0.305. The Kier molecular flexibility index (Phi) is 8.06.